The summed E-state index contributed by atoms with van der Waals surface area (Å²) in [6, 6.07) is 0. The predicted molar refractivity (Wildman–Crippen MR) is 91.5 cm³/mol. The molecule has 7 heteroatoms. The van der Waals surface area contributed by atoms with Gasteiger partial charge in [0.2, 0.25) is 5.91 Å². The Bertz CT molecular complexity index is 563. The fourth-order valence-corrected chi connectivity index (χ4v) is 3.48. The molecule has 0 aromatic carbocycles. The van der Waals surface area contributed by atoms with Crippen LogP contribution in [0.25, 0.3) is 0 Å². The van der Waals surface area contributed by atoms with Gasteiger partial charge in [0, 0.05) is 52.2 Å². The van der Waals surface area contributed by atoms with E-state index in [1.807, 2.05) is 38.4 Å². The quantitative estimate of drug-likeness (QED) is 0.768. The molecule has 0 saturated carbocycles. The summed E-state index contributed by atoms with van der Waals surface area (Å²) in [5.41, 5.74) is -0.154. The number of imidazole rings is 1. The van der Waals surface area contributed by atoms with Crippen molar-refractivity contribution >= 4 is 5.91 Å². The lowest BCUT2D eigenvalue weighted by atomic mass is 9.89. The molecule has 2 fully saturated rings. The highest BCUT2D eigenvalue weighted by atomic mass is 16.5. The van der Waals surface area contributed by atoms with Crippen molar-refractivity contribution in [3.63, 3.8) is 0 Å². The number of carbonyl (C=O) groups excluding carboxylic acids is 1. The Hall–Kier alpha value is -1.44. The lowest BCUT2D eigenvalue weighted by Crippen LogP contribution is -2.59. The van der Waals surface area contributed by atoms with Gasteiger partial charge in [-0.1, -0.05) is 0 Å². The van der Waals surface area contributed by atoms with E-state index in [0.717, 1.165) is 57.9 Å². The van der Waals surface area contributed by atoms with Crippen LogP contribution in [0.5, 0.6) is 0 Å². The summed E-state index contributed by atoms with van der Waals surface area (Å²) in [6.07, 6.45) is 5.78. The third-order valence-corrected chi connectivity index (χ3v) is 5.20. The number of likely N-dealkylation sites (N-methyl/N-ethyl adjacent to an activating group) is 1. The van der Waals surface area contributed by atoms with Gasteiger partial charge < -0.3 is 19.1 Å². The minimum absolute atomic E-state index is 0.123. The molecule has 3 rings (SSSR count). The Morgan fingerprint density at radius 2 is 2.08 bits per heavy atom. The first kappa shape index (κ1) is 17.4. The van der Waals surface area contributed by atoms with Crippen molar-refractivity contribution in [3.05, 3.63) is 18.2 Å². The molecule has 134 valence electrons. The van der Waals surface area contributed by atoms with Crippen molar-refractivity contribution in [3.8, 4) is 0 Å². The van der Waals surface area contributed by atoms with Gasteiger partial charge in [-0.2, -0.15) is 0 Å². The Kier molecular flexibility index (Phi) is 5.22. The number of carbonyl (C=O) groups is 1. The topological polar surface area (TPSA) is 53.8 Å². The molecule has 3 heterocycles. The van der Waals surface area contributed by atoms with Gasteiger partial charge >= 0.3 is 0 Å². The average molecular weight is 335 g/mol. The molecule has 1 amide bonds. The summed E-state index contributed by atoms with van der Waals surface area (Å²) < 4.78 is 8.08. The van der Waals surface area contributed by atoms with Crippen molar-refractivity contribution in [2.75, 3.05) is 53.4 Å². The number of ether oxygens (including phenoxy) is 1. The summed E-state index contributed by atoms with van der Waals surface area (Å²) in [4.78, 5) is 23.0. The predicted octanol–water partition coefficient (Wildman–Crippen LogP) is 0.175. The fraction of sp³-hybridized carbons (Fsp3) is 0.765. The summed E-state index contributed by atoms with van der Waals surface area (Å²) in [7, 11) is 6.11. The van der Waals surface area contributed by atoms with Gasteiger partial charge in [0.05, 0.1) is 12.1 Å². The summed E-state index contributed by atoms with van der Waals surface area (Å²) in [5, 5.41) is 0. The maximum absolute atomic E-state index is 12.1. The zero-order chi connectivity index (χ0) is 17.2. The van der Waals surface area contributed by atoms with E-state index in [-0.39, 0.29) is 18.1 Å². The van der Waals surface area contributed by atoms with E-state index in [9.17, 15) is 4.79 Å². The van der Waals surface area contributed by atoms with Crippen molar-refractivity contribution in [1.82, 2.24) is 24.3 Å². The molecule has 7 nitrogen and oxygen atoms in total. The standard InChI is InChI=1S/C17H29N5O2/c1-19(2)10-11-22-14-17(24-13-16(22)23)4-7-21(8-5-17)12-15-18-6-9-20(15)3/h6,9H,4-5,7-8,10-14H2,1-3H3. The van der Waals surface area contributed by atoms with E-state index in [1.165, 1.54) is 0 Å². The van der Waals surface area contributed by atoms with Gasteiger partial charge in [-0.05, 0) is 26.9 Å². The van der Waals surface area contributed by atoms with Gasteiger partial charge in [-0.25, -0.2) is 4.98 Å². The minimum atomic E-state index is -0.154. The summed E-state index contributed by atoms with van der Waals surface area (Å²) in [5.74, 6) is 1.22. The minimum Gasteiger partial charge on any atom is -0.363 e. The normalized spacial score (nSPS) is 21.8. The monoisotopic (exact) mass is 335 g/mol. The Balaban J connectivity index is 1.54. The maximum Gasteiger partial charge on any atom is 0.248 e. The number of aryl methyl sites for hydroxylation is 1. The molecule has 0 unspecified atom stereocenters. The Morgan fingerprint density at radius 1 is 1.33 bits per heavy atom. The third-order valence-electron chi connectivity index (χ3n) is 5.20. The summed E-state index contributed by atoms with van der Waals surface area (Å²) in [6.45, 7) is 5.50. The zero-order valence-electron chi connectivity index (χ0n) is 15.1. The number of amides is 1. The molecule has 0 bridgehead atoms. The molecule has 24 heavy (non-hydrogen) atoms. The second-order valence-electron chi connectivity index (χ2n) is 7.32. The first-order valence-electron chi connectivity index (χ1n) is 8.72. The van der Waals surface area contributed by atoms with E-state index < -0.39 is 0 Å². The second kappa shape index (κ2) is 7.21. The third kappa shape index (κ3) is 3.96. The van der Waals surface area contributed by atoms with E-state index in [4.69, 9.17) is 4.74 Å². The van der Waals surface area contributed by atoms with Crippen molar-refractivity contribution in [1.29, 1.82) is 0 Å². The first-order valence-corrected chi connectivity index (χ1v) is 8.72. The molecule has 1 spiro atoms. The van der Waals surface area contributed by atoms with Crippen LogP contribution in [0.15, 0.2) is 12.4 Å². The van der Waals surface area contributed by atoms with Gasteiger partial charge in [0.1, 0.15) is 12.4 Å². The largest absolute Gasteiger partial charge is 0.363 e. The lowest BCUT2D eigenvalue weighted by molar-refractivity contribution is -0.171. The Morgan fingerprint density at radius 3 is 2.71 bits per heavy atom. The number of hydrogen-bond donors (Lipinski definition) is 0. The second-order valence-corrected chi connectivity index (χ2v) is 7.32. The molecule has 1 aromatic heterocycles. The van der Waals surface area contributed by atoms with Gasteiger partial charge in [-0.15, -0.1) is 0 Å². The van der Waals surface area contributed by atoms with Crippen molar-refractivity contribution < 1.29 is 9.53 Å². The van der Waals surface area contributed by atoms with Crippen LogP contribution in [0.1, 0.15) is 18.7 Å². The highest BCUT2D eigenvalue weighted by molar-refractivity contribution is 5.78. The smallest absolute Gasteiger partial charge is 0.248 e. The number of morpholine rings is 1. The number of hydrogen-bond acceptors (Lipinski definition) is 5. The lowest BCUT2D eigenvalue weighted by Gasteiger charge is -2.47. The van der Waals surface area contributed by atoms with Crippen molar-refractivity contribution in [2.24, 2.45) is 7.05 Å². The van der Waals surface area contributed by atoms with E-state index in [0.29, 0.717) is 0 Å². The van der Waals surface area contributed by atoms with E-state index in [1.54, 1.807) is 0 Å². The highest BCUT2D eigenvalue weighted by Gasteiger charge is 2.42. The van der Waals surface area contributed by atoms with Crippen LogP contribution in [0.3, 0.4) is 0 Å². The number of piperidine rings is 1. The molecule has 0 atom stereocenters. The molecular formula is C17H29N5O2. The molecule has 2 saturated heterocycles. The molecule has 1 aromatic rings. The van der Waals surface area contributed by atoms with Crippen LogP contribution in [-0.4, -0.2) is 89.2 Å². The molecule has 0 N–H and O–H groups in total. The SMILES string of the molecule is CN(C)CCN1CC2(CCN(Cc3nccn3C)CC2)OCC1=O. The molecule has 0 aliphatic carbocycles. The number of likely N-dealkylation sites (tertiary alicyclic amines) is 1. The fourth-order valence-electron chi connectivity index (χ4n) is 3.48. The molecule has 2 aliphatic heterocycles. The average Bonchev–Trinajstić information content (AvgIpc) is 2.96. The number of rotatable bonds is 5. The van der Waals surface area contributed by atoms with Gasteiger partial charge in [-0.3, -0.25) is 9.69 Å². The highest BCUT2D eigenvalue weighted by Crippen LogP contribution is 2.30. The van der Waals surface area contributed by atoms with Crippen LogP contribution < -0.4 is 0 Å². The van der Waals surface area contributed by atoms with E-state index in [2.05, 4.69) is 19.4 Å². The van der Waals surface area contributed by atoms with Crippen LogP contribution in [0.2, 0.25) is 0 Å². The molecule has 0 radical (unpaired) electrons. The van der Waals surface area contributed by atoms with Crippen molar-refractivity contribution in [2.45, 2.75) is 25.0 Å². The molecule has 2 aliphatic rings. The first-order chi connectivity index (χ1) is 11.5. The van der Waals surface area contributed by atoms with Crippen LogP contribution in [0, 0.1) is 0 Å². The Labute approximate surface area is 144 Å². The van der Waals surface area contributed by atoms with Gasteiger partial charge in [0.25, 0.3) is 0 Å². The maximum atomic E-state index is 12.1. The van der Waals surface area contributed by atoms with Crippen LogP contribution in [0.4, 0.5) is 0 Å². The number of nitrogens with zero attached hydrogens (tertiary/aromatic N) is 5. The van der Waals surface area contributed by atoms with Gasteiger partial charge in [0.15, 0.2) is 0 Å². The van der Waals surface area contributed by atoms with Crippen LogP contribution in [-0.2, 0) is 23.1 Å². The summed E-state index contributed by atoms with van der Waals surface area (Å²) >= 11 is 0. The number of aromatic nitrogens is 2. The molecular weight excluding hydrogens is 306 g/mol. The zero-order valence-corrected chi connectivity index (χ0v) is 15.1. The van der Waals surface area contributed by atoms with E-state index >= 15 is 0 Å². The van der Waals surface area contributed by atoms with Crippen LogP contribution >= 0.6 is 0 Å².